The summed E-state index contributed by atoms with van der Waals surface area (Å²) in [4.78, 5) is 11.5. The summed E-state index contributed by atoms with van der Waals surface area (Å²) in [5, 5.41) is 15.5. The summed E-state index contributed by atoms with van der Waals surface area (Å²) in [6, 6.07) is 4.91. The Morgan fingerprint density at radius 1 is 1.11 bits per heavy atom. The molecule has 0 bridgehead atoms. The fourth-order valence-corrected chi connectivity index (χ4v) is 1.50. The van der Waals surface area contributed by atoms with E-state index in [1.165, 1.54) is 14.2 Å². The molecule has 0 fully saturated rings. The van der Waals surface area contributed by atoms with Gasteiger partial charge in [0, 0.05) is 5.56 Å². The number of benzene rings is 1. The summed E-state index contributed by atoms with van der Waals surface area (Å²) < 4.78 is 9.82. The third kappa shape index (κ3) is 2.65. The average molecular weight is 260 g/mol. The zero-order valence-electron chi connectivity index (χ0n) is 10.7. The predicted octanol–water partition coefficient (Wildman–Crippen LogP) is 1.04. The number of hydrogen-bond acceptors (Lipinski definition) is 7. The van der Waals surface area contributed by atoms with E-state index in [4.69, 9.17) is 4.74 Å². The van der Waals surface area contributed by atoms with Gasteiger partial charge in [-0.3, -0.25) is 0 Å². The highest BCUT2D eigenvalue weighted by molar-refractivity contribution is 5.93. The third-order valence-electron chi connectivity index (χ3n) is 2.44. The van der Waals surface area contributed by atoms with E-state index in [0.29, 0.717) is 28.5 Å². The molecule has 0 aliphatic heterocycles. The van der Waals surface area contributed by atoms with Gasteiger partial charge in [0.05, 0.1) is 14.2 Å². The second-order valence-electron chi connectivity index (χ2n) is 3.68. The number of ether oxygens (including phenoxy) is 2. The Morgan fingerprint density at radius 3 is 2.37 bits per heavy atom. The number of nitrogens with zero attached hydrogens (tertiary/aromatic N) is 4. The van der Waals surface area contributed by atoms with Gasteiger partial charge in [0.1, 0.15) is 11.3 Å². The summed E-state index contributed by atoms with van der Waals surface area (Å²) in [6.45, 7) is 1.70. The summed E-state index contributed by atoms with van der Waals surface area (Å²) in [5.41, 5.74) is 0.992. The van der Waals surface area contributed by atoms with Crippen molar-refractivity contribution in [1.82, 2.24) is 20.4 Å². The van der Waals surface area contributed by atoms with Gasteiger partial charge >= 0.3 is 5.97 Å². The Balaban J connectivity index is 2.44. The van der Waals surface area contributed by atoms with Gasteiger partial charge in [-0.15, -0.1) is 20.4 Å². The van der Waals surface area contributed by atoms with Crippen molar-refractivity contribution in [1.29, 1.82) is 0 Å². The summed E-state index contributed by atoms with van der Waals surface area (Å²) in [5.74, 6) is 0.764. The monoisotopic (exact) mass is 260 g/mol. The van der Waals surface area contributed by atoms with E-state index < -0.39 is 5.97 Å². The first kappa shape index (κ1) is 12.9. The Bertz CT molecular complexity index is 598. The molecule has 7 heteroatoms. The number of aryl methyl sites for hydroxylation is 1. The van der Waals surface area contributed by atoms with Crippen LogP contribution in [0.5, 0.6) is 5.75 Å². The van der Waals surface area contributed by atoms with Gasteiger partial charge in [-0.2, -0.15) is 0 Å². The first-order valence-corrected chi connectivity index (χ1v) is 5.46. The molecule has 0 N–H and O–H groups in total. The number of aromatic nitrogens is 4. The lowest BCUT2D eigenvalue weighted by atomic mass is 10.1. The van der Waals surface area contributed by atoms with Crippen LogP contribution in [0.15, 0.2) is 18.2 Å². The first-order chi connectivity index (χ1) is 9.15. The Morgan fingerprint density at radius 2 is 1.79 bits per heavy atom. The number of rotatable bonds is 3. The van der Waals surface area contributed by atoms with Gasteiger partial charge in [-0.05, 0) is 25.1 Å². The molecule has 19 heavy (non-hydrogen) atoms. The van der Waals surface area contributed by atoms with E-state index >= 15 is 0 Å². The fraction of sp³-hybridized carbons (Fsp3) is 0.250. The molecule has 1 aromatic carbocycles. The minimum absolute atomic E-state index is 0.335. The molecule has 0 aliphatic rings. The van der Waals surface area contributed by atoms with Crippen LogP contribution in [0, 0.1) is 6.92 Å². The molecule has 7 nitrogen and oxygen atoms in total. The predicted molar refractivity (Wildman–Crippen MR) is 65.7 cm³/mol. The average Bonchev–Trinajstić information content (AvgIpc) is 2.46. The minimum atomic E-state index is -0.468. The van der Waals surface area contributed by atoms with Crippen LogP contribution in [0.4, 0.5) is 0 Å². The maximum Gasteiger partial charge on any atom is 0.341 e. The number of carbonyl (C=O) groups excluding carboxylic acids is 1. The molecular formula is C12H12N4O3. The van der Waals surface area contributed by atoms with E-state index in [-0.39, 0.29) is 0 Å². The lowest BCUT2D eigenvalue weighted by Crippen LogP contribution is -2.05. The molecule has 0 saturated carbocycles. The molecular weight excluding hydrogens is 248 g/mol. The molecule has 2 aromatic rings. The van der Waals surface area contributed by atoms with E-state index in [2.05, 4.69) is 25.1 Å². The SMILES string of the molecule is COC(=O)c1ccc(-c2nnc(C)nn2)cc1OC. The molecule has 98 valence electrons. The Hall–Kier alpha value is -2.57. The van der Waals surface area contributed by atoms with Crippen LogP contribution in [-0.4, -0.2) is 40.6 Å². The molecule has 2 rings (SSSR count). The maximum absolute atomic E-state index is 11.5. The van der Waals surface area contributed by atoms with Crippen LogP contribution in [0.1, 0.15) is 16.2 Å². The van der Waals surface area contributed by atoms with E-state index in [0.717, 1.165) is 0 Å². The minimum Gasteiger partial charge on any atom is -0.496 e. The van der Waals surface area contributed by atoms with Crippen molar-refractivity contribution < 1.29 is 14.3 Å². The second-order valence-corrected chi connectivity index (χ2v) is 3.68. The van der Waals surface area contributed by atoms with Crippen molar-refractivity contribution in [2.45, 2.75) is 6.92 Å². The molecule has 0 spiro atoms. The van der Waals surface area contributed by atoms with Crippen molar-refractivity contribution in [2.24, 2.45) is 0 Å². The highest BCUT2D eigenvalue weighted by Gasteiger charge is 2.14. The van der Waals surface area contributed by atoms with Crippen LogP contribution >= 0.6 is 0 Å². The zero-order valence-corrected chi connectivity index (χ0v) is 10.7. The summed E-state index contributed by atoms with van der Waals surface area (Å²) in [6.07, 6.45) is 0. The van der Waals surface area contributed by atoms with Gasteiger partial charge in [0.25, 0.3) is 0 Å². The molecule has 0 atom stereocenters. The molecule has 0 amide bonds. The maximum atomic E-state index is 11.5. The van der Waals surface area contributed by atoms with Gasteiger partial charge in [0.2, 0.25) is 5.82 Å². The van der Waals surface area contributed by atoms with Crippen LogP contribution in [-0.2, 0) is 4.74 Å². The molecule has 0 aliphatic carbocycles. The first-order valence-electron chi connectivity index (χ1n) is 5.46. The summed E-state index contributed by atoms with van der Waals surface area (Å²) in [7, 11) is 2.78. The topological polar surface area (TPSA) is 87.1 Å². The van der Waals surface area contributed by atoms with Gasteiger partial charge in [-0.25, -0.2) is 4.79 Å². The Kier molecular flexibility index (Phi) is 3.65. The highest BCUT2D eigenvalue weighted by atomic mass is 16.5. The van der Waals surface area contributed by atoms with Crippen molar-refractivity contribution >= 4 is 5.97 Å². The molecule has 0 saturated heterocycles. The van der Waals surface area contributed by atoms with Crippen LogP contribution in [0.3, 0.4) is 0 Å². The van der Waals surface area contributed by atoms with E-state index in [1.54, 1.807) is 25.1 Å². The van der Waals surface area contributed by atoms with Crippen LogP contribution in [0.2, 0.25) is 0 Å². The Labute approximate surface area is 109 Å². The van der Waals surface area contributed by atoms with E-state index in [1.807, 2.05) is 0 Å². The quantitative estimate of drug-likeness (QED) is 0.762. The highest BCUT2D eigenvalue weighted by Crippen LogP contribution is 2.25. The van der Waals surface area contributed by atoms with Crippen molar-refractivity contribution in [3.63, 3.8) is 0 Å². The number of carbonyl (C=O) groups is 1. The fourth-order valence-electron chi connectivity index (χ4n) is 1.50. The van der Waals surface area contributed by atoms with Gasteiger partial charge in [0.15, 0.2) is 5.82 Å². The second kappa shape index (κ2) is 5.38. The number of methoxy groups -OCH3 is 2. The molecule has 0 radical (unpaired) electrons. The number of hydrogen-bond donors (Lipinski definition) is 0. The van der Waals surface area contributed by atoms with Crippen molar-refractivity contribution in [3.8, 4) is 17.1 Å². The van der Waals surface area contributed by atoms with Gasteiger partial charge in [-0.1, -0.05) is 0 Å². The van der Waals surface area contributed by atoms with Gasteiger partial charge < -0.3 is 9.47 Å². The van der Waals surface area contributed by atoms with Crippen LogP contribution in [0.25, 0.3) is 11.4 Å². The molecule has 0 unspecified atom stereocenters. The van der Waals surface area contributed by atoms with Crippen LogP contribution < -0.4 is 4.74 Å². The van der Waals surface area contributed by atoms with E-state index in [9.17, 15) is 4.79 Å². The zero-order chi connectivity index (χ0) is 13.8. The largest absolute Gasteiger partial charge is 0.496 e. The lowest BCUT2D eigenvalue weighted by molar-refractivity contribution is 0.0597. The smallest absolute Gasteiger partial charge is 0.341 e. The summed E-state index contributed by atoms with van der Waals surface area (Å²) >= 11 is 0. The molecule has 1 heterocycles. The number of esters is 1. The standard InChI is InChI=1S/C12H12N4O3/c1-7-13-15-11(16-14-7)8-4-5-9(12(17)19-3)10(6-8)18-2/h4-6H,1-3H3. The van der Waals surface area contributed by atoms with Crippen molar-refractivity contribution in [3.05, 3.63) is 29.6 Å². The molecule has 1 aromatic heterocycles. The lowest BCUT2D eigenvalue weighted by Gasteiger charge is -2.08. The normalized spacial score (nSPS) is 10.1. The van der Waals surface area contributed by atoms with Crippen molar-refractivity contribution in [2.75, 3.05) is 14.2 Å². The third-order valence-corrected chi connectivity index (χ3v) is 2.44.